The van der Waals surface area contributed by atoms with E-state index in [1.807, 2.05) is 0 Å². The van der Waals surface area contributed by atoms with E-state index in [0.717, 1.165) is 19.3 Å². The zero-order chi connectivity index (χ0) is 10.8. The van der Waals surface area contributed by atoms with E-state index in [4.69, 9.17) is 4.74 Å². The number of hydrogen-bond acceptors (Lipinski definition) is 2. The highest BCUT2D eigenvalue weighted by molar-refractivity contribution is 4.82. The molecule has 14 heavy (non-hydrogen) atoms. The summed E-state index contributed by atoms with van der Waals surface area (Å²) in [5, 5.41) is 9.23. The molecule has 1 aliphatic heterocycles. The van der Waals surface area contributed by atoms with E-state index in [1.165, 1.54) is 0 Å². The van der Waals surface area contributed by atoms with E-state index < -0.39 is 0 Å². The van der Waals surface area contributed by atoms with Gasteiger partial charge in [0.15, 0.2) is 0 Å². The molecule has 0 aromatic heterocycles. The predicted molar refractivity (Wildman–Crippen MR) is 58.2 cm³/mol. The Morgan fingerprint density at radius 2 is 2.07 bits per heavy atom. The first-order chi connectivity index (χ1) is 6.44. The summed E-state index contributed by atoms with van der Waals surface area (Å²) in [6.07, 6.45) is 3.67. The summed E-state index contributed by atoms with van der Waals surface area (Å²) in [5.74, 6) is 0.946. The highest BCUT2D eigenvalue weighted by Crippen LogP contribution is 2.33. The van der Waals surface area contributed by atoms with Gasteiger partial charge in [-0.1, -0.05) is 13.8 Å². The molecule has 84 valence electrons. The van der Waals surface area contributed by atoms with E-state index in [1.54, 1.807) is 0 Å². The molecule has 0 spiro atoms. The number of aliphatic hydroxyl groups is 1. The number of rotatable bonds is 4. The van der Waals surface area contributed by atoms with Gasteiger partial charge >= 0.3 is 0 Å². The van der Waals surface area contributed by atoms with Crippen molar-refractivity contribution in [1.82, 2.24) is 0 Å². The quantitative estimate of drug-likeness (QED) is 0.756. The third-order valence-electron chi connectivity index (χ3n) is 3.30. The molecule has 1 heterocycles. The Kier molecular flexibility index (Phi) is 3.96. The van der Waals surface area contributed by atoms with Crippen molar-refractivity contribution in [2.45, 2.75) is 58.7 Å². The minimum Gasteiger partial charge on any atom is -0.396 e. The average Bonchev–Trinajstić information content (AvgIpc) is 2.41. The lowest BCUT2D eigenvalue weighted by atomic mass is 9.90. The SMILES string of the molecule is CC(C)C(CO)CC1CCC(C)(C)O1. The Balaban J connectivity index is 2.38. The Labute approximate surface area is 87.7 Å². The monoisotopic (exact) mass is 200 g/mol. The van der Waals surface area contributed by atoms with Gasteiger partial charge < -0.3 is 9.84 Å². The normalized spacial score (nSPS) is 28.3. The van der Waals surface area contributed by atoms with E-state index in [2.05, 4.69) is 27.7 Å². The molecule has 2 unspecified atom stereocenters. The van der Waals surface area contributed by atoms with Gasteiger partial charge in [-0.2, -0.15) is 0 Å². The highest BCUT2D eigenvalue weighted by atomic mass is 16.5. The molecule has 0 bridgehead atoms. The average molecular weight is 200 g/mol. The van der Waals surface area contributed by atoms with Crippen molar-refractivity contribution < 1.29 is 9.84 Å². The summed E-state index contributed by atoms with van der Waals surface area (Å²) in [6, 6.07) is 0. The van der Waals surface area contributed by atoms with Crippen molar-refractivity contribution in [2.75, 3.05) is 6.61 Å². The summed E-state index contributed by atoms with van der Waals surface area (Å²) in [4.78, 5) is 0. The fourth-order valence-electron chi connectivity index (χ4n) is 2.14. The third-order valence-corrected chi connectivity index (χ3v) is 3.30. The smallest absolute Gasteiger partial charge is 0.0631 e. The molecule has 0 aliphatic carbocycles. The topological polar surface area (TPSA) is 29.5 Å². The maximum absolute atomic E-state index is 9.23. The molecule has 1 aliphatic rings. The summed E-state index contributed by atoms with van der Waals surface area (Å²) in [5.41, 5.74) is 0.0572. The molecule has 1 fully saturated rings. The van der Waals surface area contributed by atoms with Crippen LogP contribution in [0.25, 0.3) is 0 Å². The molecule has 1 rings (SSSR count). The van der Waals surface area contributed by atoms with E-state index in [9.17, 15) is 5.11 Å². The lowest BCUT2D eigenvalue weighted by molar-refractivity contribution is -0.0312. The fourth-order valence-corrected chi connectivity index (χ4v) is 2.14. The van der Waals surface area contributed by atoms with Gasteiger partial charge in [-0.3, -0.25) is 0 Å². The van der Waals surface area contributed by atoms with Gasteiger partial charge in [0.25, 0.3) is 0 Å². The van der Waals surface area contributed by atoms with Gasteiger partial charge in [0.1, 0.15) is 0 Å². The van der Waals surface area contributed by atoms with Crippen molar-refractivity contribution in [1.29, 1.82) is 0 Å². The van der Waals surface area contributed by atoms with Crippen LogP contribution in [0.3, 0.4) is 0 Å². The molecule has 0 aromatic rings. The molecule has 2 nitrogen and oxygen atoms in total. The van der Waals surface area contributed by atoms with Crippen LogP contribution in [0, 0.1) is 11.8 Å². The molecule has 0 radical (unpaired) electrons. The van der Waals surface area contributed by atoms with E-state index in [0.29, 0.717) is 17.9 Å². The van der Waals surface area contributed by atoms with Crippen LogP contribution in [0.15, 0.2) is 0 Å². The first-order valence-electron chi connectivity index (χ1n) is 5.73. The Morgan fingerprint density at radius 3 is 2.43 bits per heavy atom. The molecule has 2 heteroatoms. The van der Waals surface area contributed by atoms with Gasteiger partial charge in [0.2, 0.25) is 0 Å². The molecule has 1 N–H and O–H groups in total. The molecule has 0 saturated carbocycles. The first-order valence-corrected chi connectivity index (χ1v) is 5.73. The number of ether oxygens (including phenoxy) is 1. The maximum atomic E-state index is 9.23. The highest BCUT2D eigenvalue weighted by Gasteiger charge is 2.33. The van der Waals surface area contributed by atoms with Crippen LogP contribution >= 0.6 is 0 Å². The van der Waals surface area contributed by atoms with Crippen molar-refractivity contribution in [3.8, 4) is 0 Å². The Morgan fingerprint density at radius 1 is 1.43 bits per heavy atom. The number of aliphatic hydroxyl groups excluding tert-OH is 1. The van der Waals surface area contributed by atoms with Gasteiger partial charge in [-0.05, 0) is 44.9 Å². The van der Waals surface area contributed by atoms with Crippen LogP contribution in [-0.4, -0.2) is 23.4 Å². The third kappa shape index (κ3) is 3.25. The lowest BCUT2D eigenvalue weighted by Gasteiger charge is -2.24. The predicted octanol–water partition coefficient (Wildman–Crippen LogP) is 2.60. The molecule has 1 saturated heterocycles. The van der Waals surface area contributed by atoms with E-state index >= 15 is 0 Å². The second-order valence-corrected chi connectivity index (χ2v) is 5.46. The van der Waals surface area contributed by atoms with Crippen molar-refractivity contribution >= 4 is 0 Å². The van der Waals surface area contributed by atoms with Crippen molar-refractivity contribution in [2.24, 2.45) is 11.8 Å². The largest absolute Gasteiger partial charge is 0.396 e. The number of hydrogen-bond donors (Lipinski definition) is 1. The summed E-state index contributed by atoms with van der Waals surface area (Å²) in [7, 11) is 0. The maximum Gasteiger partial charge on any atom is 0.0631 e. The van der Waals surface area contributed by atoms with Crippen LogP contribution in [0.1, 0.15) is 47.0 Å². The Hall–Kier alpha value is -0.0800. The minimum absolute atomic E-state index is 0.0572. The van der Waals surface area contributed by atoms with Crippen LogP contribution in [0.5, 0.6) is 0 Å². The van der Waals surface area contributed by atoms with Crippen LogP contribution in [-0.2, 0) is 4.74 Å². The molecule has 0 amide bonds. The lowest BCUT2D eigenvalue weighted by Crippen LogP contribution is -2.24. The fraction of sp³-hybridized carbons (Fsp3) is 1.00. The first kappa shape index (κ1) is 12.0. The summed E-state index contributed by atoms with van der Waals surface area (Å²) >= 11 is 0. The van der Waals surface area contributed by atoms with Crippen LogP contribution in [0.4, 0.5) is 0 Å². The van der Waals surface area contributed by atoms with Crippen molar-refractivity contribution in [3.05, 3.63) is 0 Å². The summed E-state index contributed by atoms with van der Waals surface area (Å²) in [6.45, 7) is 8.92. The zero-order valence-corrected chi connectivity index (χ0v) is 9.92. The van der Waals surface area contributed by atoms with Crippen LogP contribution < -0.4 is 0 Å². The minimum atomic E-state index is 0.0572. The molecular weight excluding hydrogens is 176 g/mol. The van der Waals surface area contributed by atoms with Gasteiger partial charge in [-0.15, -0.1) is 0 Å². The summed E-state index contributed by atoms with van der Waals surface area (Å²) < 4.78 is 5.92. The Bertz CT molecular complexity index is 175. The zero-order valence-electron chi connectivity index (χ0n) is 9.92. The van der Waals surface area contributed by atoms with E-state index in [-0.39, 0.29) is 12.2 Å². The molecule has 0 aromatic carbocycles. The van der Waals surface area contributed by atoms with Gasteiger partial charge in [-0.25, -0.2) is 0 Å². The molecular formula is C12H24O2. The standard InChI is InChI=1S/C12H24O2/c1-9(2)10(8-13)7-11-5-6-12(3,4)14-11/h9-11,13H,5-8H2,1-4H3. The van der Waals surface area contributed by atoms with Gasteiger partial charge in [0.05, 0.1) is 11.7 Å². The van der Waals surface area contributed by atoms with Crippen molar-refractivity contribution in [3.63, 3.8) is 0 Å². The van der Waals surface area contributed by atoms with Gasteiger partial charge in [0, 0.05) is 6.61 Å². The van der Waals surface area contributed by atoms with Crippen LogP contribution in [0.2, 0.25) is 0 Å². The second-order valence-electron chi connectivity index (χ2n) is 5.46. The molecule has 2 atom stereocenters. The second kappa shape index (κ2) is 4.63.